The van der Waals surface area contributed by atoms with Gasteiger partial charge in [0.25, 0.3) is 11.8 Å². The standard InChI is InChI=1S/C19H17ClF2N2O3/c20-13-9-12(10-15(22)11-13)5-7-23-17(25)19(27)6-8-24(18(19)26)16-3-1-14(21)2-4-16/h1-4,9-11,27H,5-8H2,(H,23,25). The maximum atomic E-state index is 13.3. The Hall–Kier alpha value is -2.51. The summed E-state index contributed by atoms with van der Waals surface area (Å²) in [7, 11) is 0. The number of rotatable bonds is 5. The van der Waals surface area contributed by atoms with Crippen molar-refractivity contribution in [1.82, 2.24) is 5.32 Å². The van der Waals surface area contributed by atoms with Gasteiger partial charge in [-0.05, 0) is 54.4 Å². The van der Waals surface area contributed by atoms with Gasteiger partial charge in [-0.2, -0.15) is 0 Å². The lowest BCUT2D eigenvalue weighted by molar-refractivity contribution is -0.149. The first kappa shape index (κ1) is 19.3. The summed E-state index contributed by atoms with van der Waals surface area (Å²) in [6.45, 7) is 0.235. The van der Waals surface area contributed by atoms with Gasteiger partial charge < -0.3 is 15.3 Å². The number of carbonyl (C=O) groups excluding carboxylic acids is 2. The molecule has 1 saturated heterocycles. The summed E-state index contributed by atoms with van der Waals surface area (Å²) in [6, 6.07) is 9.25. The summed E-state index contributed by atoms with van der Waals surface area (Å²) < 4.78 is 26.3. The third-order valence-corrected chi connectivity index (χ3v) is 4.65. The number of hydrogen-bond donors (Lipinski definition) is 2. The SMILES string of the molecule is O=C(NCCc1cc(F)cc(Cl)c1)C1(O)CCN(c2ccc(F)cc2)C1=O. The van der Waals surface area contributed by atoms with Crippen LogP contribution in [-0.2, 0) is 16.0 Å². The van der Waals surface area contributed by atoms with E-state index < -0.39 is 29.0 Å². The van der Waals surface area contributed by atoms with Gasteiger partial charge in [-0.15, -0.1) is 0 Å². The Bertz CT molecular complexity index is 856. The molecule has 2 N–H and O–H groups in total. The predicted octanol–water partition coefficient (Wildman–Crippen LogP) is 2.44. The molecule has 0 spiro atoms. The number of anilines is 1. The van der Waals surface area contributed by atoms with Crippen molar-refractivity contribution in [2.45, 2.75) is 18.4 Å². The zero-order valence-electron chi connectivity index (χ0n) is 14.2. The van der Waals surface area contributed by atoms with Gasteiger partial charge >= 0.3 is 0 Å². The second kappa shape index (κ2) is 7.62. The van der Waals surface area contributed by atoms with Gasteiger partial charge in [0.15, 0.2) is 0 Å². The number of nitrogens with zero attached hydrogens (tertiary/aromatic N) is 1. The summed E-state index contributed by atoms with van der Waals surface area (Å²) in [6.07, 6.45) is 0.204. The van der Waals surface area contributed by atoms with E-state index in [1.165, 1.54) is 41.3 Å². The quantitative estimate of drug-likeness (QED) is 0.765. The lowest BCUT2D eigenvalue weighted by Gasteiger charge is -2.21. The summed E-state index contributed by atoms with van der Waals surface area (Å²) in [5, 5.41) is 13.3. The molecule has 0 aliphatic carbocycles. The van der Waals surface area contributed by atoms with Gasteiger partial charge in [0, 0.05) is 30.2 Å². The van der Waals surface area contributed by atoms with E-state index in [1.54, 1.807) is 6.07 Å². The van der Waals surface area contributed by atoms with Crippen LogP contribution in [0, 0.1) is 11.6 Å². The largest absolute Gasteiger partial charge is 0.372 e. The highest BCUT2D eigenvalue weighted by molar-refractivity contribution is 6.30. The van der Waals surface area contributed by atoms with Crippen LogP contribution in [0.2, 0.25) is 5.02 Å². The van der Waals surface area contributed by atoms with Crippen LogP contribution < -0.4 is 10.2 Å². The maximum absolute atomic E-state index is 13.3. The number of benzene rings is 2. The van der Waals surface area contributed by atoms with Crippen molar-refractivity contribution in [2.24, 2.45) is 0 Å². The van der Waals surface area contributed by atoms with E-state index in [-0.39, 0.29) is 31.0 Å². The van der Waals surface area contributed by atoms with Crippen molar-refractivity contribution < 1.29 is 23.5 Å². The zero-order chi connectivity index (χ0) is 19.6. The monoisotopic (exact) mass is 394 g/mol. The van der Waals surface area contributed by atoms with Gasteiger partial charge in [0.05, 0.1) is 0 Å². The molecule has 3 rings (SSSR count). The molecule has 5 nitrogen and oxygen atoms in total. The molecular formula is C19H17ClF2N2O3. The number of hydrogen-bond acceptors (Lipinski definition) is 3. The second-order valence-electron chi connectivity index (χ2n) is 6.33. The molecule has 2 aromatic carbocycles. The van der Waals surface area contributed by atoms with E-state index in [0.717, 1.165) is 0 Å². The number of amides is 2. The molecule has 2 amide bonds. The van der Waals surface area contributed by atoms with Crippen molar-refractivity contribution in [3.63, 3.8) is 0 Å². The first-order valence-electron chi connectivity index (χ1n) is 8.33. The molecule has 1 heterocycles. The Morgan fingerprint density at radius 1 is 1.19 bits per heavy atom. The predicted molar refractivity (Wildman–Crippen MR) is 96.4 cm³/mol. The molecule has 0 saturated carbocycles. The van der Waals surface area contributed by atoms with Crippen molar-refractivity contribution in [3.8, 4) is 0 Å². The Labute approximate surface area is 159 Å². The number of aliphatic hydroxyl groups is 1. The lowest BCUT2D eigenvalue weighted by Crippen LogP contribution is -2.52. The molecule has 1 atom stereocenters. The Morgan fingerprint density at radius 2 is 1.89 bits per heavy atom. The zero-order valence-corrected chi connectivity index (χ0v) is 15.0. The Balaban J connectivity index is 1.62. The molecule has 8 heteroatoms. The molecule has 0 bridgehead atoms. The van der Waals surface area contributed by atoms with Crippen molar-refractivity contribution in [2.75, 3.05) is 18.0 Å². The summed E-state index contributed by atoms with van der Waals surface area (Å²) in [5.41, 5.74) is -1.20. The maximum Gasteiger partial charge on any atom is 0.268 e. The molecule has 1 fully saturated rings. The summed E-state index contributed by atoms with van der Waals surface area (Å²) in [4.78, 5) is 26.1. The van der Waals surface area contributed by atoms with Crippen LogP contribution in [0.4, 0.5) is 14.5 Å². The molecule has 0 aromatic heterocycles. The highest BCUT2D eigenvalue weighted by Crippen LogP contribution is 2.28. The Kier molecular flexibility index (Phi) is 5.43. The van der Waals surface area contributed by atoms with Gasteiger partial charge in [-0.3, -0.25) is 9.59 Å². The van der Waals surface area contributed by atoms with Crippen molar-refractivity contribution >= 4 is 29.1 Å². The van der Waals surface area contributed by atoms with Crippen molar-refractivity contribution in [3.05, 3.63) is 64.7 Å². The normalized spacial score (nSPS) is 19.4. The van der Waals surface area contributed by atoms with Crippen LogP contribution in [0.5, 0.6) is 0 Å². The van der Waals surface area contributed by atoms with Crippen LogP contribution in [-0.4, -0.2) is 35.6 Å². The average molecular weight is 395 g/mol. The number of halogens is 3. The van der Waals surface area contributed by atoms with E-state index >= 15 is 0 Å². The van der Waals surface area contributed by atoms with Gasteiger partial charge in [0.2, 0.25) is 5.60 Å². The number of nitrogens with one attached hydrogen (secondary N) is 1. The van der Waals surface area contributed by atoms with E-state index in [9.17, 15) is 23.5 Å². The average Bonchev–Trinajstić information content (AvgIpc) is 2.91. The minimum absolute atomic E-state index is 0.0825. The van der Waals surface area contributed by atoms with Crippen molar-refractivity contribution in [1.29, 1.82) is 0 Å². The highest BCUT2D eigenvalue weighted by atomic mass is 35.5. The van der Waals surface area contributed by atoms with Crippen LogP contribution in [0.1, 0.15) is 12.0 Å². The summed E-state index contributed by atoms with van der Waals surface area (Å²) >= 11 is 5.78. The first-order valence-corrected chi connectivity index (χ1v) is 8.70. The molecule has 0 radical (unpaired) electrons. The lowest BCUT2D eigenvalue weighted by atomic mass is 10.0. The smallest absolute Gasteiger partial charge is 0.268 e. The summed E-state index contributed by atoms with van der Waals surface area (Å²) in [5.74, 6) is -2.51. The van der Waals surface area contributed by atoms with Gasteiger partial charge in [-0.1, -0.05) is 11.6 Å². The topological polar surface area (TPSA) is 69.6 Å². The molecule has 27 heavy (non-hydrogen) atoms. The minimum atomic E-state index is -2.19. The fourth-order valence-corrected chi connectivity index (χ4v) is 3.25. The molecule has 2 aromatic rings. The fraction of sp³-hybridized carbons (Fsp3) is 0.263. The van der Waals surface area contributed by atoms with E-state index in [1.807, 2.05) is 0 Å². The van der Waals surface area contributed by atoms with Crippen LogP contribution >= 0.6 is 11.6 Å². The van der Waals surface area contributed by atoms with Gasteiger partial charge in [-0.25, -0.2) is 8.78 Å². The Morgan fingerprint density at radius 3 is 2.56 bits per heavy atom. The second-order valence-corrected chi connectivity index (χ2v) is 6.76. The minimum Gasteiger partial charge on any atom is -0.372 e. The van der Waals surface area contributed by atoms with Crippen LogP contribution in [0.15, 0.2) is 42.5 Å². The van der Waals surface area contributed by atoms with E-state index in [0.29, 0.717) is 11.3 Å². The van der Waals surface area contributed by atoms with Gasteiger partial charge in [0.1, 0.15) is 11.6 Å². The van der Waals surface area contributed by atoms with Crippen LogP contribution in [0.25, 0.3) is 0 Å². The molecule has 1 aliphatic heterocycles. The van der Waals surface area contributed by atoms with Crippen LogP contribution in [0.3, 0.4) is 0 Å². The fourth-order valence-electron chi connectivity index (χ4n) is 3.01. The molecule has 1 aliphatic rings. The van der Waals surface area contributed by atoms with E-state index in [4.69, 9.17) is 11.6 Å². The van der Waals surface area contributed by atoms with E-state index in [2.05, 4.69) is 5.32 Å². The number of carbonyl (C=O) groups is 2. The molecular weight excluding hydrogens is 378 g/mol. The third kappa shape index (κ3) is 4.09. The first-order chi connectivity index (χ1) is 12.8. The third-order valence-electron chi connectivity index (χ3n) is 4.43. The highest BCUT2D eigenvalue weighted by Gasteiger charge is 2.51. The molecule has 1 unspecified atom stereocenters. The molecule has 142 valence electrons.